The summed E-state index contributed by atoms with van der Waals surface area (Å²) in [6.45, 7) is 2.02. The highest BCUT2D eigenvalue weighted by Crippen LogP contribution is 2.17. The molecule has 21 heavy (non-hydrogen) atoms. The first-order valence-electron chi connectivity index (χ1n) is 6.85. The molecule has 0 aliphatic heterocycles. The highest BCUT2D eigenvalue weighted by molar-refractivity contribution is 7.98. The van der Waals surface area contributed by atoms with Gasteiger partial charge in [0.25, 0.3) is 0 Å². The molecule has 2 aromatic rings. The fourth-order valence-corrected chi connectivity index (χ4v) is 2.47. The molecule has 0 aromatic carbocycles. The third-order valence-electron chi connectivity index (χ3n) is 3.02. The summed E-state index contributed by atoms with van der Waals surface area (Å²) in [6, 6.07) is 5.70. The molecule has 0 amide bonds. The van der Waals surface area contributed by atoms with E-state index in [1.807, 2.05) is 25.1 Å². The Kier molecular flexibility index (Phi) is 5.95. The Labute approximate surface area is 129 Å². The van der Waals surface area contributed by atoms with Crippen molar-refractivity contribution in [2.24, 2.45) is 0 Å². The van der Waals surface area contributed by atoms with Crippen LogP contribution in [0.25, 0.3) is 11.4 Å². The lowest BCUT2D eigenvalue weighted by Gasteiger charge is -2.17. The van der Waals surface area contributed by atoms with Crippen LogP contribution < -0.4 is 5.32 Å². The SMILES string of the molecule is CSCC[C@@H](CO)Nc1cc(C)nc(-c2cccnc2)n1. The molecule has 2 rings (SSSR count). The molecule has 0 radical (unpaired) electrons. The minimum absolute atomic E-state index is 0.00787. The molecule has 112 valence electrons. The third-order valence-corrected chi connectivity index (χ3v) is 3.66. The number of thioether (sulfide) groups is 1. The minimum Gasteiger partial charge on any atom is -0.394 e. The molecule has 1 atom stereocenters. The summed E-state index contributed by atoms with van der Waals surface area (Å²) in [5, 5.41) is 12.7. The fraction of sp³-hybridized carbons (Fsp3) is 0.400. The van der Waals surface area contributed by atoms with E-state index in [2.05, 4.69) is 26.5 Å². The summed E-state index contributed by atoms with van der Waals surface area (Å²) in [7, 11) is 0. The lowest BCUT2D eigenvalue weighted by molar-refractivity contribution is 0.272. The Morgan fingerprint density at radius 2 is 2.24 bits per heavy atom. The second-order valence-corrected chi connectivity index (χ2v) is 5.75. The van der Waals surface area contributed by atoms with Gasteiger partial charge in [-0.1, -0.05) is 0 Å². The number of hydrogen-bond donors (Lipinski definition) is 2. The van der Waals surface area contributed by atoms with Crippen LogP contribution in [-0.2, 0) is 0 Å². The van der Waals surface area contributed by atoms with E-state index in [-0.39, 0.29) is 12.6 Å². The van der Waals surface area contributed by atoms with Crippen LogP contribution in [0.2, 0.25) is 0 Å². The van der Waals surface area contributed by atoms with Gasteiger partial charge >= 0.3 is 0 Å². The standard InChI is InChI=1S/C15H20N4OS/c1-11-8-14(18-13(10-20)5-7-21-2)19-15(17-11)12-4-3-6-16-9-12/h3-4,6,8-9,13,20H,5,7,10H2,1-2H3,(H,17,18,19)/t13-/m0/s1. The number of aliphatic hydroxyl groups is 1. The third kappa shape index (κ3) is 4.68. The number of anilines is 1. The van der Waals surface area contributed by atoms with Gasteiger partial charge in [0, 0.05) is 29.7 Å². The van der Waals surface area contributed by atoms with Gasteiger partial charge in [-0.3, -0.25) is 4.98 Å². The van der Waals surface area contributed by atoms with Crippen molar-refractivity contribution in [3.8, 4) is 11.4 Å². The number of aliphatic hydroxyl groups excluding tert-OH is 1. The van der Waals surface area contributed by atoms with Crippen LogP contribution in [0.1, 0.15) is 12.1 Å². The molecule has 2 N–H and O–H groups in total. The average molecular weight is 304 g/mol. The van der Waals surface area contributed by atoms with Crippen molar-refractivity contribution in [2.45, 2.75) is 19.4 Å². The second-order valence-electron chi connectivity index (χ2n) is 4.77. The molecule has 0 aliphatic carbocycles. The van der Waals surface area contributed by atoms with Crippen LogP contribution in [0.4, 0.5) is 5.82 Å². The maximum Gasteiger partial charge on any atom is 0.163 e. The number of rotatable bonds is 7. The lowest BCUT2D eigenvalue weighted by atomic mass is 10.2. The summed E-state index contributed by atoms with van der Waals surface area (Å²) in [4.78, 5) is 13.1. The minimum atomic E-state index is 0.00787. The van der Waals surface area contributed by atoms with Crippen molar-refractivity contribution >= 4 is 17.6 Å². The Morgan fingerprint density at radius 3 is 2.90 bits per heavy atom. The largest absolute Gasteiger partial charge is 0.394 e. The van der Waals surface area contributed by atoms with E-state index in [4.69, 9.17) is 0 Å². The van der Waals surface area contributed by atoms with Gasteiger partial charge in [-0.25, -0.2) is 9.97 Å². The zero-order chi connectivity index (χ0) is 15.1. The summed E-state index contributed by atoms with van der Waals surface area (Å²) < 4.78 is 0. The van der Waals surface area contributed by atoms with Crippen molar-refractivity contribution in [3.63, 3.8) is 0 Å². The van der Waals surface area contributed by atoms with Crippen molar-refractivity contribution in [2.75, 3.05) is 23.9 Å². The van der Waals surface area contributed by atoms with E-state index in [0.29, 0.717) is 5.82 Å². The van der Waals surface area contributed by atoms with E-state index >= 15 is 0 Å². The predicted molar refractivity (Wildman–Crippen MR) is 87.5 cm³/mol. The van der Waals surface area contributed by atoms with E-state index in [1.165, 1.54) is 0 Å². The molecule has 0 aliphatic rings. The van der Waals surface area contributed by atoms with E-state index in [1.54, 1.807) is 24.2 Å². The van der Waals surface area contributed by atoms with Crippen LogP contribution in [0, 0.1) is 6.92 Å². The van der Waals surface area contributed by atoms with Gasteiger partial charge in [0.1, 0.15) is 5.82 Å². The molecular weight excluding hydrogens is 284 g/mol. The first kappa shape index (κ1) is 15.7. The summed E-state index contributed by atoms with van der Waals surface area (Å²) in [5.41, 5.74) is 1.77. The zero-order valence-electron chi connectivity index (χ0n) is 12.3. The van der Waals surface area contributed by atoms with Crippen molar-refractivity contribution in [1.82, 2.24) is 15.0 Å². The van der Waals surface area contributed by atoms with Crippen LogP contribution >= 0.6 is 11.8 Å². The summed E-state index contributed by atoms with van der Waals surface area (Å²) in [6.07, 6.45) is 6.42. The Hall–Kier alpha value is -1.66. The number of aryl methyl sites for hydroxylation is 1. The van der Waals surface area contributed by atoms with Crippen LogP contribution in [-0.4, -0.2) is 44.7 Å². The topological polar surface area (TPSA) is 70.9 Å². The second kappa shape index (κ2) is 7.95. The summed E-state index contributed by atoms with van der Waals surface area (Å²) in [5.74, 6) is 2.38. The zero-order valence-corrected chi connectivity index (χ0v) is 13.1. The maximum atomic E-state index is 9.44. The van der Waals surface area contributed by atoms with E-state index < -0.39 is 0 Å². The molecular formula is C15H20N4OS. The average Bonchev–Trinajstić information content (AvgIpc) is 2.51. The number of pyridine rings is 1. The molecule has 0 saturated heterocycles. The molecule has 0 saturated carbocycles. The van der Waals surface area contributed by atoms with Crippen LogP contribution in [0.3, 0.4) is 0 Å². The van der Waals surface area contributed by atoms with Gasteiger partial charge < -0.3 is 10.4 Å². The van der Waals surface area contributed by atoms with Gasteiger partial charge in [0.15, 0.2) is 5.82 Å². The van der Waals surface area contributed by atoms with Gasteiger partial charge in [-0.2, -0.15) is 11.8 Å². The lowest BCUT2D eigenvalue weighted by Crippen LogP contribution is -2.25. The smallest absolute Gasteiger partial charge is 0.163 e. The monoisotopic (exact) mass is 304 g/mol. The van der Waals surface area contributed by atoms with E-state index in [9.17, 15) is 5.11 Å². The molecule has 2 aromatic heterocycles. The Bertz CT molecular complexity index is 565. The molecule has 2 heterocycles. The molecule has 0 bridgehead atoms. The van der Waals surface area contributed by atoms with Gasteiger partial charge in [0.2, 0.25) is 0 Å². The van der Waals surface area contributed by atoms with Gasteiger partial charge in [0.05, 0.1) is 12.6 Å². The van der Waals surface area contributed by atoms with Crippen LogP contribution in [0.15, 0.2) is 30.6 Å². The quantitative estimate of drug-likeness (QED) is 0.818. The van der Waals surface area contributed by atoms with Crippen molar-refractivity contribution in [1.29, 1.82) is 0 Å². The fourth-order valence-electron chi connectivity index (χ4n) is 1.94. The normalized spacial score (nSPS) is 12.1. The summed E-state index contributed by atoms with van der Waals surface area (Å²) >= 11 is 1.77. The molecule has 0 fully saturated rings. The number of nitrogens with one attached hydrogen (secondary N) is 1. The first-order chi connectivity index (χ1) is 10.2. The number of aromatic nitrogens is 3. The molecule has 5 nitrogen and oxygen atoms in total. The number of hydrogen-bond acceptors (Lipinski definition) is 6. The highest BCUT2D eigenvalue weighted by Gasteiger charge is 2.10. The van der Waals surface area contributed by atoms with E-state index in [0.717, 1.165) is 29.2 Å². The van der Waals surface area contributed by atoms with Crippen LogP contribution in [0.5, 0.6) is 0 Å². The van der Waals surface area contributed by atoms with Crippen molar-refractivity contribution in [3.05, 3.63) is 36.3 Å². The van der Waals surface area contributed by atoms with Gasteiger partial charge in [-0.05, 0) is 37.5 Å². The van der Waals surface area contributed by atoms with Crippen molar-refractivity contribution < 1.29 is 5.11 Å². The predicted octanol–water partition coefficient (Wildman–Crippen LogP) is 2.37. The first-order valence-corrected chi connectivity index (χ1v) is 8.24. The highest BCUT2D eigenvalue weighted by atomic mass is 32.2. The number of nitrogens with zero attached hydrogens (tertiary/aromatic N) is 3. The Balaban J connectivity index is 2.19. The Morgan fingerprint density at radius 1 is 1.38 bits per heavy atom. The van der Waals surface area contributed by atoms with Gasteiger partial charge in [-0.15, -0.1) is 0 Å². The molecule has 0 unspecified atom stereocenters. The maximum absolute atomic E-state index is 9.44. The molecule has 0 spiro atoms. The molecule has 6 heteroatoms.